The Morgan fingerprint density at radius 3 is 2.46 bits per heavy atom. The first-order chi connectivity index (χ1) is 11.7. The summed E-state index contributed by atoms with van der Waals surface area (Å²) < 4.78 is 1.02. The molecule has 0 saturated carbocycles. The molecule has 0 bridgehead atoms. The van der Waals surface area contributed by atoms with Gasteiger partial charge in [-0.25, -0.2) is 0 Å². The number of nitrogens with one attached hydrogen (secondary N) is 2. The van der Waals surface area contributed by atoms with Crippen molar-refractivity contribution in [1.82, 2.24) is 25.9 Å². The van der Waals surface area contributed by atoms with E-state index in [4.69, 9.17) is 0 Å². The molecule has 24 heavy (non-hydrogen) atoms. The molecule has 1 heterocycles. The van der Waals surface area contributed by atoms with Gasteiger partial charge in [0.15, 0.2) is 0 Å². The van der Waals surface area contributed by atoms with Gasteiger partial charge in [-0.3, -0.25) is 4.79 Å². The summed E-state index contributed by atoms with van der Waals surface area (Å²) in [5.41, 5.74) is 2.48. The molecule has 3 aromatic rings. The first kappa shape index (κ1) is 16.3. The highest BCUT2D eigenvalue weighted by Crippen LogP contribution is 2.20. The minimum Gasteiger partial charge on any atom is -0.345 e. The molecule has 0 saturated heterocycles. The standard InChI is InChI=1S/C17H16BrN5O/c1-2-15(11-7-9-14(18)10-8-11)19-17(24)13-5-3-12(4-6-13)16-20-22-23-21-16/h3-10,15H,2H2,1H3,(H,19,24)(H,20,21,22,23)/t15-/m1/s1. The van der Waals surface area contributed by atoms with Gasteiger partial charge in [0.2, 0.25) is 5.82 Å². The fraction of sp³-hybridized carbons (Fsp3) is 0.176. The van der Waals surface area contributed by atoms with Crippen molar-refractivity contribution in [1.29, 1.82) is 0 Å². The van der Waals surface area contributed by atoms with Gasteiger partial charge < -0.3 is 5.32 Å². The normalized spacial score (nSPS) is 11.9. The van der Waals surface area contributed by atoms with Crippen LogP contribution in [0.3, 0.4) is 0 Å². The van der Waals surface area contributed by atoms with Crippen LogP contribution in [0.4, 0.5) is 0 Å². The van der Waals surface area contributed by atoms with E-state index in [9.17, 15) is 4.79 Å². The fourth-order valence-corrected chi connectivity index (χ4v) is 2.68. The Morgan fingerprint density at radius 2 is 1.88 bits per heavy atom. The lowest BCUT2D eigenvalue weighted by molar-refractivity contribution is 0.0935. The number of hydrogen-bond donors (Lipinski definition) is 2. The van der Waals surface area contributed by atoms with Crippen molar-refractivity contribution < 1.29 is 4.79 Å². The van der Waals surface area contributed by atoms with Crippen molar-refractivity contribution in [3.8, 4) is 11.4 Å². The highest BCUT2D eigenvalue weighted by atomic mass is 79.9. The van der Waals surface area contributed by atoms with Gasteiger partial charge in [-0.05, 0) is 41.5 Å². The summed E-state index contributed by atoms with van der Waals surface area (Å²) in [7, 11) is 0. The molecule has 1 aromatic heterocycles. The third kappa shape index (κ3) is 3.68. The third-order valence-corrected chi connectivity index (χ3v) is 4.27. The monoisotopic (exact) mass is 385 g/mol. The van der Waals surface area contributed by atoms with E-state index >= 15 is 0 Å². The van der Waals surface area contributed by atoms with Crippen LogP contribution in [0.2, 0.25) is 0 Å². The van der Waals surface area contributed by atoms with Crippen LogP contribution in [0.25, 0.3) is 11.4 Å². The van der Waals surface area contributed by atoms with Crippen molar-refractivity contribution in [3.05, 3.63) is 64.1 Å². The zero-order valence-corrected chi connectivity index (χ0v) is 14.6. The highest BCUT2D eigenvalue weighted by Gasteiger charge is 2.14. The van der Waals surface area contributed by atoms with Gasteiger partial charge in [-0.15, -0.1) is 10.2 Å². The number of H-pyrrole nitrogens is 1. The molecule has 0 aliphatic carbocycles. The fourth-order valence-electron chi connectivity index (χ4n) is 2.41. The Morgan fingerprint density at radius 1 is 1.17 bits per heavy atom. The Hall–Kier alpha value is -2.54. The Kier molecular flexibility index (Phi) is 5.00. The molecule has 0 aliphatic heterocycles. The van der Waals surface area contributed by atoms with Crippen LogP contribution < -0.4 is 5.32 Å². The van der Waals surface area contributed by atoms with E-state index in [-0.39, 0.29) is 11.9 Å². The van der Waals surface area contributed by atoms with Gasteiger partial charge >= 0.3 is 0 Å². The number of hydrogen-bond acceptors (Lipinski definition) is 4. The Labute approximate surface area is 147 Å². The number of benzene rings is 2. The molecule has 0 aliphatic rings. The van der Waals surface area contributed by atoms with Gasteiger partial charge in [-0.2, -0.15) is 5.21 Å². The summed E-state index contributed by atoms with van der Waals surface area (Å²) in [5.74, 6) is 0.396. The lowest BCUT2D eigenvalue weighted by Gasteiger charge is -2.17. The van der Waals surface area contributed by atoms with Crippen LogP contribution in [0.5, 0.6) is 0 Å². The molecular formula is C17H16BrN5O. The average molecular weight is 386 g/mol. The Bertz CT molecular complexity index is 800. The minimum atomic E-state index is -0.107. The number of tetrazole rings is 1. The maximum Gasteiger partial charge on any atom is 0.251 e. The predicted octanol–water partition coefficient (Wildman–Crippen LogP) is 3.51. The molecule has 122 valence electrons. The number of carbonyl (C=O) groups is 1. The van der Waals surface area contributed by atoms with Crippen molar-refractivity contribution >= 4 is 21.8 Å². The van der Waals surface area contributed by atoms with Crippen molar-refractivity contribution in [2.24, 2.45) is 0 Å². The number of aromatic amines is 1. The SMILES string of the molecule is CC[C@@H](NC(=O)c1ccc(-c2nn[nH]n2)cc1)c1ccc(Br)cc1. The number of rotatable bonds is 5. The molecule has 0 unspecified atom stereocenters. The van der Waals surface area contributed by atoms with Gasteiger partial charge in [0.25, 0.3) is 5.91 Å². The lowest BCUT2D eigenvalue weighted by atomic mass is 10.0. The van der Waals surface area contributed by atoms with E-state index in [0.29, 0.717) is 11.4 Å². The van der Waals surface area contributed by atoms with E-state index in [1.54, 1.807) is 24.3 Å². The maximum atomic E-state index is 12.5. The minimum absolute atomic E-state index is 0.0255. The maximum absolute atomic E-state index is 12.5. The van der Waals surface area contributed by atoms with Crippen LogP contribution in [0.15, 0.2) is 53.0 Å². The van der Waals surface area contributed by atoms with Gasteiger partial charge in [0.05, 0.1) is 6.04 Å². The second kappa shape index (κ2) is 7.35. The van der Waals surface area contributed by atoms with Gasteiger partial charge in [0.1, 0.15) is 0 Å². The molecular weight excluding hydrogens is 370 g/mol. The van der Waals surface area contributed by atoms with Crippen LogP contribution in [-0.4, -0.2) is 26.5 Å². The van der Waals surface area contributed by atoms with E-state index in [2.05, 4.69) is 41.9 Å². The molecule has 1 amide bonds. The number of aromatic nitrogens is 4. The quantitative estimate of drug-likeness (QED) is 0.703. The smallest absolute Gasteiger partial charge is 0.251 e. The van der Waals surface area contributed by atoms with E-state index in [1.807, 2.05) is 31.2 Å². The molecule has 6 nitrogen and oxygen atoms in total. The summed E-state index contributed by atoms with van der Waals surface area (Å²) in [6.45, 7) is 2.05. The number of nitrogens with zero attached hydrogens (tertiary/aromatic N) is 3. The summed E-state index contributed by atoms with van der Waals surface area (Å²) >= 11 is 3.42. The summed E-state index contributed by atoms with van der Waals surface area (Å²) in [4.78, 5) is 12.5. The van der Waals surface area contributed by atoms with E-state index < -0.39 is 0 Å². The second-order valence-electron chi connectivity index (χ2n) is 5.30. The zero-order valence-electron chi connectivity index (χ0n) is 13.0. The molecule has 0 fully saturated rings. The first-order valence-corrected chi connectivity index (χ1v) is 8.37. The molecule has 2 N–H and O–H groups in total. The lowest BCUT2D eigenvalue weighted by Crippen LogP contribution is -2.28. The molecule has 3 rings (SSSR count). The number of amides is 1. The molecule has 1 atom stereocenters. The number of halogens is 1. The second-order valence-corrected chi connectivity index (χ2v) is 6.21. The van der Waals surface area contributed by atoms with Crippen molar-refractivity contribution in [3.63, 3.8) is 0 Å². The summed E-state index contributed by atoms with van der Waals surface area (Å²) in [5, 5.41) is 16.8. The van der Waals surface area contributed by atoms with Crippen LogP contribution in [-0.2, 0) is 0 Å². The van der Waals surface area contributed by atoms with E-state index in [1.165, 1.54) is 0 Å². The topological polar surface area (TPSA) is 83.6 Å². The average Bonchev–Trinajstić information content (AvgIpc) is 3.15. The molecule has 2 aromatic carbocycles. The van der Waals surface area contributed by atoms with E-state index in [0.717, 1.165) is 22.0 Å². The highest BCUT2D eigenvalue weighted by molar-refractivity contribution is 9.10. The molecule has 7 heteroatoms. The van der Waals surface area contributed by atoms with Crippen LogP contribution in [0, 0.1) is 0 Å². The summed E-state index contributed by atoms with van der Waals surface area (Å²) in [6.07, 6.45) is 0.814. The van der Waals surface area contributed by atoms with Crippen molar-refractivity contribution in [2.75, 3.05) is 0 Å². The first-order valence-electron chi connectivity index (χ1n) is 7.57. The van der Waals surface area contributed by atoms with Crippen LogP contribution in [0.1, 0.15) is 35.3 Å². The van der Waals surface area contributed by atoms with Gasteiger partial charge in [-0.1, -0.05) is 47.1 Å². The third-order valence-electron chi connectivity index (χ3n) is 3.74. The van der Waals surface area contributed by atoms with Gasteiger partial charge in [0, 0.05) is 15.6 Å². The van der Waals surface area contributed by atoms with Crippen LogP contribution >= 0.6 is 15.9 Å². The molecule has 0 spiro atoms. The largest absolute Gasteiger partial charge is 0.345 e. The Balaban J connectivity index is 1.72. The molecule has 0 radical (unpaired) electrons. The predicted molar refractivity (Wildman–Crippen MR) is 94.3 cm³/mol. The van der Waals surface area contributed by atoms with Crippen molar-refractivity contribution in [2.45, 2.75) is 19.4 Å². The number of carbonyl (C=O) groups excluding carboxylic acids is 1. The zero-order chi connectivity index (χ0) is 16.9. The summed E-state index contributed by atoms with van der Waals surface area (Å²) in [6, 6.07) is 15.1.